The molecular weight excluding hydrogens is 100 g/mol. The quantitative estimate of drug-likeness (QED) is 0.477. The zero-order valence-corrected chi connectivity index (χ0v) is 5.06. The van der Waals surface area contributed by atoms with Crippen molar-refractivity contribution >= 4 is 0 Å². The van der Waals surface area contributed by atoms with Crippen LogP contribution in [-0.2, 0) is 0 Å². The fraction of sp³-hybridized carbons (Fsp3) is 0.833. The van der Waals surface area contributed by atoms with E-state index in [1.807, 2.05) is 0 Å². The Labute approximate surface area is 50.2 Å². The van der Waals surface area contributed by atoms with E-state index in [2.05, 4.69) is 0 Å². The number of hydrogen-bond donors (Lipinski definition) is 2. The van der Waals surface area contributed by atoms with E-state index < -0.39 is 0 Å². The SMILES string of the molecule is N[C]1CCC(N)CC1. The molecule has 2 heteroatoms. The summed E-state index contributed by atoms with van der Waals surface area (Å²) in [5.74, 6) is 0. The molecule has 0 saturated heterocycles. The molecule has 8 heavy (non-hydrogen) atoms. The van der Waals surface area contributed by atoms with Gasteiger partial charge in [-0.3, -0.25) is 0 Å². The minimum atomic E-state index is 0.419. The van der Waals surface area contributed by atoms with E-state index in [9.17, 15) is 0 Å². The molecule has 0 aromatic rings. The third-order valence-corrected chi connectivity index (χ3v) is 1.67. The van der Waals surface area contributed by atoms with Crippen LogP contribution < -0.4 is 11.5 Å². The molecule has 1 rings (SSSR count). The van der Waals surface area contributed by atoms with Gasteiger partial charge in [0.15, 0.2) is 0 Å². The lowest BCUT2D eigenvalue weighted by atomic mass is 9.93. The fourth-order valence-electron chi connectivity index (χ4n) is 1.01. The summed E-state index contributed by atoms with van der Waals surface area (Å²) in [6.45, 7) is 0. The number of nitrogens with two attached hydrogens (primary N) is 2. The lowest BCUT2D eigenvalue weighted by Crippen LogP contribution is -2.28. The van der Waals surface area contributed by atoms with Gasteiger partial charge in [0, 0.05) is 12.1 Å². The van der Waals surface area contributed by atoms with Crippen molar-refractivity contribution in [3.8, 4) is 0 Å². The topological polar surface area (TPSA) is 52.0 Å². The van der Waals surface area contributed by atoms with Gasteiger partial charge in [-0.25, -0.2) is 0 Å². The third-order valence-electron chi connectivity index (χ3n) is 1.67. The van der Waals surface area contributed by atoms with Gasteiger partial charge in [-0.15, -0.1) is 0 Å². The van der Waals surface area contributed by atoms with Crippen LogP contribution in [0.15, 0.2) is 0 Å². The second-order valence-corrected chi connectivity index (χ2v) is 2.50. The van der Waals surface area contributed by atoms with Crippen LogP contribution >= 0.6 is 0 Å². The minimum Gasteiger partial charge on any atom is -0.328 e. The Morgan fingerprint density at radius 3 is 2.12 bits per heavy atom. The van der Waals surface area contributed by atoms with E-state index in [4.69, 9.17) is 11.5 Å². The molecular formula is C6H13N2. The summed E-state index contributed by atoms with van der Waals surface area (Å²) < 4.78 is 0. The Kier molecular flexibility index (Phi) is 1.86. The summed E-state index contributed by atoms with van der Waals surface area (Å²) in [4.78, 5) is 0. The molecule has 0 unspecified atom stereocenters. The van der Waals surface area contributed by atoms with Crippen molar-refractivity contribution in [2.24, 2.45) is 11.5 Å². The van der Waals surface area contributed by atoms with Gasteiger partial charge in [-0.1, -0.05) is 0 Å². The van der Waals surface area contributed by atoms with E-state index >= 15 is 0 Å². The van der Waals surface area contributed by atoms with Crippen LogP contribution in [0, 0.1) is 6.04 Å². The normalized spacial score (nSPS) is 26.2. The molecule has 1 aliphatic carbocycles. The predicted octanol–water partition coefficient (Wildman–Crippen LogP) is 0.378. The van der Waals surface area contributed by atoms with Crippen molar-refractivity contribution in [2.45, 2.75) is 31.7 Å². The summed E-state index contributed by atoms with van der Waals surface area (Å²) in [5.41, 5.74) is 11.2. The number of hydrogen-bond acceptors (Lipinski definition) is 2. The van der Waals surface area contributed by atoms with E-state index in [0.29, 0.717) is 6.04 Å². The van der Waals surface area contributed by atoms with Crippen LogP contribution in [0.1, 0.15) is 25.7 Å². The molecule has 0 aromatic carbocycles. The molecule has 0 heterocycles. The highest BCUT2D eigenvalue weighted by atomic mass is 14.7. The first-order valence-corrected chi connectivity index (χ1v) is 3.15. The molecule has 0 spiro atoms. The third kappa shape index (κ3) is 1.46. The van der Waals surface area contributed by atoms with Gasteiger partial charge < -0.3 is 11.5 Å². The first kappa shape index (κ1) is 6.05. The highest BCUT2D eigenvalue weighted by molar-refractivity contribution is 4.89. The first-order valence-electron chi connectivity index (χ1n) is 3.15. The maximum absolute atomic E-state index is 5.63. The van der Waals surface area contributed by atoms with Crippen LogP contribution in [0.2, 0.25) is 0 Å². The van der Waals surface area contributed by atoms with Gasteiger partial charge in [-0.05, 0) is 25.7 Å². The lowest BCUT2D eigenvalue weighted by Gasteiger charge is -2.21. The summed E-state index contributed by atoms with van der Waals surface area (Å²) in [6, 6.07) is 1.55. The van der Waals surface area contributed by atoms with E-state index in [1.54, 1.807) is 0 Å². The van der Waals surface area contributed by atoms with E-state index in [1.165, 1.54) is 0 Å². The second kappa shape index (κ2) is 2.46. The Hall–Kier alpha value is -0.0800. The van der Waals surface area contributed by atoms with Crippen molar-refractivity contribution in [3.05, 3.63) is 6.04 Å². The summed E-state index contributed by atoms with van der Waals surface area (Å²) in [5, 5.41) is 0. The Balaban J connectivity index is 2.19. The second-order valence-electron chi connectivity index (χ2n) is 2.50. The van der Waals surface area contributed by atoms with Crippen molar-refractivity contribution < 1.29 is 0 Å². The van der Waals surface area contributed by atoms with Gasteiger partial charge in [0.2, 0.25) is 0 Å². The monoisotopic (exact) mass is 113 g/mol. The Bertz CT molecular complexity index is 54.9. The first-order chi connectivity index (χ1) is 3.79. The zero-order valence-electron chi connectivity index (χ0n) is 5.06. The van der Waals surface area contributed by atoms with Crippen LogP contribution in [0.3, 0.4) is 0 Å². The molecule has 47 valence electrons. The molecule has 2 nitrogen and oxygen atoms in total. The molecule has 1 aliphatic rings. The van der Waals surface area contributed by atoms with Crippen LogP contribution in [0.5, 0.6) is 0 Å². The molecule has 4 N–H and O–H groups in total. The average molecular weight is 113 g/mol. The van der Waals surface area contributed by atoms with Gasteiger partial charge in [0.1, 0.15) is 0 Å². The van der Waals surface area contributed by atoms with Crippen molar-refractivity contribution in [1.82, 2.24) is 0 Å². The Morgan fingerprint density at radius 1 is 1.25 bits per heavy atom. The van der Waals surface area contributed by atoms with Crippen LogP contribution in [0.25, 0.3) is 0 Å². The zero-order chi connectivity index (χ0) is 5.98. The maximum atomic E-state index is 5.63. The van der Waals surface area contributed by atoms with E-state index in [0.717, 1.165) is 31.7 Å². The van der Waals surface area contributed by atoms with Gasteiger partial charge >= 0.3 is 0 Å². The Morgan fingerprint density at radius 2 is 1.75 bits per heavy atom. The number of rotatable bonds is 0. The van der Waals surface area contributed by atoms with Crippen molar-refractivity contribution in [2.75, 3.05) is 0 Å². The largest absolute Gasteiger partial charge is 0.328 e. The van der Waals surface area contributed by atoms with Crippen LogP contribution in [-0.4, -0.2) is 6.04 Å². The predicted molar refractivity (Wildman–Crippen MR) is 33.9 cm³/mol. The molecule has 1 radical (unpaired) electrons. The molecule has 0 amide bonds. The molecule has 0 atom stereocenters. The van der Waals surface area contributed by atoms with E-state index in [-0.39, 0.29) is 0 Å². The lowest BCUT2D eigenvalue weighted by molar-refractivity contribution is 0.463. The highest BCUT2D eigenvalue weighted by Gasteiger charge is 2.14. The standard InChI is InChI=1S/C6H13N2/c7-5-1-2-6(8)4-3-5/h5H,1-4,7-8H2. The maximum Gasteiger partial charge on any atom is 0.0338 e. The molecule has 1 saturated carbocycles. The van der Waals surface area contributed by atoms with Gasteiger partial charge in [-0.2, -0.15) is 0 Å². The molecule has 0 bridgehead atoms. The molecule has 0 aromatic heterocycles. The fourth-order valence-corrected chi connectivity index (χ4v) is 1.01. The summed E-state index contributed by atoms with van der Waals surface area (Å²) >= 11 is 0. The molecule has 1 fully saturated rings. The molecule has 0 aliphatic heterocycles. The van der Waals surface area contributed by atoms with Gasteiger partial charge in [0.25, 0.3) is 0 Å². The van der Waals surface area contributed by atoms with Crippen molar-refractivity contribution in [3.63, 3.8) is 0 Å². The van der Waals surface area contributed by atoms with Gasteiger partial charge in [0.05, 0.1) is 0 Å². The average Bonchev–Trinajstić information content (AvgIpc) is 1.77. The van der Waals surface area contributed by atoms with Crippen molar-refractivity contribution in [1.29, 1.82) is 0 Å². The summed E-state index contributed by atoms with van der Waals surface area (Å²) in [7, 11) is 0. The highest BCUT2D eigenvalue weighted by Crippen LogP contribution is 2.19. The smallest absolute Gasteiger partial charge is 0.0338 e. The van der Waals surface area contributed by atoms with Crippen LogP contribution in [0.4, 0.5) is 0 Å². The summed E-state index contributed by atoms with van der Waals surface area (Å²) in [6.07, 6.45) is 4.26. The minimum absolute atomic E-state index is 0.419.